The fraction of sp³-hybridized carbons (Fsp3) is 0.158. The molecular weight excluding hydrogens is 348 g/mol. The summed E-state index contributed by atoms with van der Waals surface area (Å²) in [6, 6.07) is 15.8. The molecule has 8 heteroatoms. The van der Waals surface area contributed by atoms with Crippen LogP contribution in [0.5, 0.6) is 5.75 Å². The van der Waals surface area contributed by atoms with E-state index in [-0.39, 0.29) is 37.0 Å². The third kappa shape index (κ3) is 4.91. The van der Waals surface area contributed by atoms with Gasteiger partial charge in [0.15, 0.2) is 12.4 Å². The van der Waals surface area contributed by atoms with Gasteiger partial charge in [0.05, 0.1) is 10.9 Å². The summed E-state index contributed by atoms with van der Waals surface area (Å²) in [5.41, 5.74) is 0.0647. The molecule has 0 fully saturated rings. The first-order valence-electron chi connectivity index (χ1n) is 8.35. The minimum Gasteiger partial charge on any atom is -0.484 e. The minimum atomic E-state index is -0.521. The van der Waals surface area contributed by atoms with Crippen molar-refractivity contribution in [1.82, 2.24) is 20.6 Å². The maximum atomic E-state index is 12.1. The Morgan fingerprint density at radius 2 is 1.67 bits per heavy atom. The number of aromatic amines is 1. The van der Waals surface area contributed by atoms with E-state index in [9.17, 15) is 14.4 Å². The van der Waals surface area contributed by atoms with E-state index < -0.39 is 5.91 Å². The van der Waals surface area contributed by atoms with E-state index in [2.05, 4.69) is 20.6 Å². The lowest BCUT2D eigenvalue weighted by molar-refractivity contribution is -0.123. The molecule has 3 N–H and O–H groups in total. The standard InChI is InChI=1S/C19H18N4O4/c24-16(12-27-13-6-2-1-3-7-13)20-10-11-21-19(26)17-22-15-9-5-4-8-14(15)18(25)23-17/h1-9H,10-12H2,(H,20,24)(H,21,26)(H,22,23,25). The quantitative estimate of drug-likeness (QED) is 0.537. The second-order valence-corrected chi connectivity index (χ2v) is 5.64. The average molecular weight is 366 g/mol. The summed E-state index contributed by atoms with van der Waals surface area (Å²) in [5, 5.41) is 5.64. The Kier molecular flexibility index (Phi) is 5.78. The predicted octanol–water partition coefficient (Wildman–Crippen LogP) is 0.848. The molecule has 0 aliphatic heterocycles. The molecule has 0 aliphatic carbocycles. The number of fused-ring (bicyclic) bond motifs is 1. The summed E-state index contributed by atoms with van der Waals surface area (Å²) in [7, 11) is 0. The number of benzene rings is 2. The van der Waals surface area contributed by atoms with Gasteiger partial charge in [0, 0.05) is 13.1 Å². The van der Waals surface area contributed by atoms with Gasteiger partial charge in [0.1, 0.15) is 5.75 Å². The van der Waals surface area contributed by atoms with E-state index in [1.165, 1.54) is 0 Å². The van der Waals surface area contributed by atoms with Crippen LogP contribution in [-0.4, -0.2) is 41.5 Å². The maximum Gasteiger partial charge on any atom is 0.287 e. The fourth-order valence-corrected chi connectivity index (χ4v) is 2.37. The number of nitrogens with zero attached hydrogens (tertiary/aromatic N) is 1. The summed E-state index contributed by atoms with van der Waals surface area (Å²) >= 11 is 0. The van der Waals surface area contributed by atoms with Crippen LogP contribution in [0.1, 0.15) is 10.6 Å². The number of H-pyrrole nitrogens is 1. The number of ether oxygens (including phenoxy) is 1. The van der Waals surface area contributed by atoms with Crippen molar-refractivity contribution in [3.63, 3.8) is 0 Å². The molecule has 0 bridgehead atoms. The second-order valence-electron chi connectivity index (χ2n) is 5.64. The minimum absolute atomic E-state index is 0.0718. The van der Waals surface area contributed by atoms with Crippen molar-refractivity contribution in [2.24, 2.45) is 0 Å². The van der Waals surface area contributed by atoms with Crippen molar-refractivity contribution in [2.45, 2.75) is 0 Å². The molecule has 0 unspecified atom stereocenters. The Balaban J connectivity index is 1.44. The Hall–Kier alpha value is -3.68. The first kappa shape index (κ1) is 18.1. The van der Waals surface area contributed by atoms with Gasteiger partial charge >= 0.3 is 0 Å². The van der Waals surface area contributed by atoms with Crippen LogP contribution in [0.2, 0.25) is 0 Å². The lowest BCUT2D eigenvalue weighted by Gasteiger charge is -2.08. The molecule has 0 spiro atoms. The molecule has 0 atom stereocenters. The lowest BCUT2D eigenvalue weighted by Crippen LogP contribution is -2.37. The molecule has 138 valence electrons. The van der Waals surface area contributed by atoms with Gasteiger partial charge in [-0.3, -0.25) is 14.4 Å². The van der Waals surface area contributed by atoms with E-state index in [0.29, 0.717) is 16.7 Å². The van der Waals surface area contributed by atoms with Crippen LogP contribution in [0, 0.1) is 0 Å². The monoisotopic (exact) mass is 366 g/mol. The summed E-state index contributed by atoms with van der Waals surface area (Å²) < 4.78 is 5.32. The van der Waals surface area contributed by atoms with E-state index in [1.807, 2.05) is 18.2 Å². The van der Waals surface area contributed by atoms with Crippen LogP contribution in [-0.2, 0) is 4.79 Å². The van der Waals surface area contributed by atoms with Gasteiger partial charge in [-0.15, -0.1) is 0 Å². The Morgan fingerprint density at radius 3 is 2.48 bits per heavy atom. The average Bonchev–Trinajstić information content (AvgIpc) is 2.70. The van der Waals surface area contributed by atoms with Crippen LogP contribution in [0.15, 0.2) is 59.4 Å². The lowest BCUT2D eigenvalue weighted by atomic mass is 10.2. The number of rotatable bonds is 7. The normalized spacial score (nSPS) is 10.4. The van der Waals surface area contributed by atoms with Crippen molar-refractivity contribution >= 4 is 22.7 Å². The molecule has 2 aromatic carbocycles. The molecule has 1 aromatic heterocycles. The van der Waals surface area contributed by atoms with Crippen LogP contribution in [0.3, 0.4) is 0 Å². The largest absolute Gasteiger partial charge is 0.484 e. The number of carbonyl (C=O) groups excluding carboxylic acids is 2. The van der Waals surface area contributed by atoms with E-state index in [0.717, 1.165) is 0 Å². The number of para-hydroxylation sites is 2. The number of aromatic nitrogens is 2. The fourth-order valence-electron chi connectivity index (χ4n) is 2.37. The summed E-state index contributed by atoms with van der Waals surface area (Å²) in [5.74, 6) is -0.289. The van der Waals surface area contributed by atoms with Gasteiger partial charge in [-0.1, -0.05) is 30.3 Å². The van der Waals surface area contributed by atoms with E-state index in [1.54, 1.807) is 36.4 Å². The Labute approximate surface area is 154 Å². The molecule has 8 nitrogen and oxygen atoms in total. The smallest absolute Gasteiger partial charge is 0.287 e. The van der Waals surface area contributed by atoms with Crippen LogP contribution in [0.25, 0.3) is 10.9 Å². The first-order valence-corrected chi connectivity index (χ1v) is 8.35. The molecule has 0 aliphatic rings. The summed E-state index contributed by atoms with van der Waals surface area (Å²) in [6.45, 7) is 0.296. The zero-order valence-electron chi connectivity index (χ0n) is 14.4. The number of amides is 2. The zero-order valence-corrected chi connectivity index (χ0v) is 14.4. The third-order valence-corrected chi connectivity index (χ3v) is 3.67. The SMILES string of the molecule is O=C(COc1ccccc1)NCCNC(=O)c1nc2ccccc2c(=O)[nH]1. The molecule has 2 amide bonds. The molecule has 3 aromatic rings. The van der Waals surface area contributed by atoms with Gasteiger partial charge in [0.25, 0.3) is 17.4 Å². The predicted molar refractivity (Wildman–Crippen MR) is 99.6 cm³/mol. The van der Waals surface area contributed by atoms with Crippen molar-refractivity contribution in [1.29, 1.82) is 0 Å². The van der Waals surface area contributed by atoms with Crippen molar-refractivity contribution in [3.8, 4) is 5.75 Å². The van der Waals surface area contributed by atoms with Crippen LogP contribution >= 0.6 is 0 Å². The molecule has 1 heterocycles. The highest BCUT2D eigenvalue weighted by Crippen LogP contribution is 2.07. The number of hydrogen-bond donors (Lipinski definition) is 3. The number of hydrogen-bond acceptors (Lipinski definition) is 5. The topological polar surface area (TPSA) is 113 Å². The van der Waals surface area contributed by atoms with Crippen LogP contribution < -0.4 is 20.9 Å². The summed E-state index contributed by atoms with van der Waals surface area (Å²) in [4.78, 5) is 42.4. The van der Waals surface area contributed by atoms with Gasteiger partial charge in [-0.25, -0.2) is 4.98 Å². The molecule has 0 radical (unpaired) electrons. The van der Waals surface area contributed by atoms with Crippen molar-refractivity contribution in [2.75, 3.05) is 19.7 Å². The van der Waals surface area contributed by atoms with E-state index >= 15 is 0 Å². The summed E-state index contributed by atoms with van der Waals surface area (Å²) in [6.07, 6.45) is 0. The second kappa shape index (κ2) is 8.61. The number of carbonyl (C=O) groups is 2. The van der Waals surface area contributed by atoms with Gasteiger partial charge < -0.3 is 20.4 Å². The molecule has 0 saturated heterocycles. The molecular formula is C19H18N4O4. The van der Waals surface area contributed by atoms with Crippen molar-refractivity contribution in [3.05, 3.63) is 70.8 Å². The van der Waals surface area contributed by atoms with Crippen LogP contribution in [0.4, 0.5) is 0 Å². The Bertz CT molecular complexity index is 1000. The van der Waals surface area contributed by atoms with Gasteiger partial charge in [0.2, 0.25) is 0 Å². The zero-order chi connectivity index (χ0) is 19.1. The Morgan fingerprint density at radius 1 is 0.963 bits per heavy atom. The third-order valence-electron chi connectivity index (χ3n) is 3.67. The molecule has 27 heavy (non-hydrogen) atoms. The number of nitrogens with one attached hydrogen (secondary N) is 3. The highest BCUT2D eigenvalue weighted by molar-refractivity contribution is 5.92. The van der Waals surface area contributed by atoms with Gasteiger partial charge in [-0.05, 0) is 24.3 Å². The molecule has 0 saturated carbocycles. The highest BCUT2D eigenvalue weighted by Gasteiger charge is 2.11. The molecule has 3 rings (SSSR count). The highest BCUT2D eigenvalue weighted by atomic mass is 16.5. The van der Waals surface area contributed by atoms with Crippen molar-refractivity contribution < 1.29 is 14.3 Å². The maximum absolute atomic E-state index is 12.1. The van der Waals surface area contributed by atoms with E-state index in [4.69, 9.17) is 4.74 Å². The van der Waals surface area contributed by atoms with Gasteiger partial charge in [-0.2, -0.15) is 0 Å². The first-order chi connectivity index (χ1) is 13.1.